The Balaban J connectivity index is 1.55. The van der Waals surface area contributed by atoms with E-state index in [0.717, 1.165) is 0 Å². The Morgan fingerprint density at radius 2 is 1.92 bits per heavy atom. The van der Waals surface area contributed by atoms with Gasteiger partial charge < -0.3 is 15.3 Å². The van der Waals surface area contributed by atoms with Gasteiger partial charge in [-0.05, 0) is 25.0 Å². The number of nitrogens with zero attached hydrogens (tertiary/aromatic N) is 3. The lowest BCUT2D eigenvalue weighted by atomic mass is 10.0. The Hall–Kier alpha value is -2.96. The smallest absolute Gasteiger partial charge is 0.274 e. The van der Waals surface area contributed by atoms with Crippen LogP contribution in [0.5, 0.6) is 5.75 Å². The zero-order valence-corrected chi connectivity index (χ0v) is 13.1. The number of rotatable bonds is 3. The van der Waals surface area contributed by atoms with Gasteiger partial charge in [0, 0.05) is 31.5 Å². The second-order valence-corrected chi connectivity index (χ2v) is 5.65. The molecular formula is C17H18N4O3. The van der Waals surface area contributed by atoms with E-state index in [1.54, 1.807) is 23.1 Å². The zero-order valence-electron chi connectivity index (χ0n) is 13.1. The van der Waals surface area contributed by atoms with E-state index < -0.39 is 0 Å². The van der Waals surface area contributed by atoms with Crippen LogP contribution in [0.4, 0.5) is 0 Å². The summed E-state index contributed by atoms with van der Waals surface area (Å²) >= 11 is 0. The molecule has 124 valence electrons. The van der Waals surface area contributed by atoms with Gasteiger partial charge in [-0.3, -0.25) is 14.6 Å². The van der Waals surface area contributed by atoms with Crippen molar-refractivity contribution >= 4 is 11.8 Å². The van der Waals surface area contributed by atoms with Gasteiger partial charge in [-0.15, -0.1) is 0 Å². The van der Waals surface area contributed by atoms with Crippen molar-refractivity contribution in [1.29, 1.82) is 0 Å². The number of aromatic hydroxyl groups is 1. The Morgan fingerprint density at radius 1 is 1.17 bits per heavy atom. The summed E-state index contributed by atoms with van der Waals surface area (Å²) in [5.41, 5.74) is 0.588. The highest BCUT2D eigenvalue weighted by Gasteiger charge is 2.26. The van der Waals surface area contributed by atoms with E-state index in [1.165, 1.54) is 24.7 Å². The van der Waals surface area contributed by atoms with Crippen LogP contribution in [0.25, 0.3) is 0 Å². The van der Waals surface area contributed by atoms with E-state index in [0.29, 0.717) is 31.6 Å². The number of piperidine rings is 1. The number of para-hydroxylation sites is 1. The summed E-state index contributed by atoms with van der Waals surface area (Å²) in [4.78, 5) is 34.1. The van der Waals surface area contributed by atoms with Gasteiger partial charge in [-0.1, -0.05) is 12.1 Å². The molecule has 1 aromatic heterocycles. The average molecular weight is 326 g/mol. The molecule has 2 heterocycles. The Morgan fingerprint density at radius 3 is 2.58 bits per heavy atom. The van der Waals surface area contributed by atoms with E-state index in [9.17, 15) is 14.7 Å². The van der Waals surface area contributed by atoms with Crippen LogP contribution in [0.15, 0.2) is 42.9 Å². The SMILES string of the molecule is O=C(NC1CCN(C(=O)c2cnccn2)CC1)c1ccccc1O. The maximum Gasteiger partial charge on any atom is 0.274 e. The number of phenolic OH excluding ortho intramolecular Hbond substituents is 1. The van der Waals surface area contributed by atoms with Gasteiger partial charge in [0.05, 0.1) is 11.8 Å². The summed E-state index contributed by atoms with van der Waals surface area (Å²) in [5.74, 6) is -0.481. The number of carbonyl (C=O) groups is 2. The quantitative estimate of drug-likeness (QED) is 0.884. The molecule has 3 rings (SSSR count). The van der Waals surface area contributed by atoms with E-state index in [1.807, 2.05) is 0 Å². The Bertz CT molecular complexity index is 728. The van der Waals surface area contributed by atoms with E-state index in [-0.39, 0.29) is 29.2 Å². The normalized spacial score (nSPS) is 15.1. The molecule has 1 fully saturated rings. The highest BCUT2D eigenvalue weighted by atomic mass is 16.3. The van der Waals surface area contributed by atoms with Crippen molar-refractivity contribution in [2.75, 3.05) is 13.1 Å². The molecule has 0 bridgehead atoms. The van der Waals surface area contributed by atoms with Gasteiger partial charge in [-0.25, -0.2) is 4.98 Å². The van der Waals surface area contributed by atoms with Crippen molar-refractivity contribution in [2.45, 2.75) is 18.9 Å². The molecule has 1 saturated heterocycles. The monoisotopic (exact) mass is 326 g/mol. The number of hydrogen-bond acceptors (Lipinski definition) is 5. The second kappa shape index (κ2) is 7.08. The first-order chi connectivity index (χ1) is 11.6. The van der Waals surface area contributed by atoms with Crippen LogP contribution in [-0.4, -0.2) is 50.9 Å². The van der Waals surface area contributed by atoms with Crippen LogP contribution < -0.4 is 5.32 Å². The fraction of sp³-hybridized carbons (Fsp3) is 0.294. The highest BCUT2D eigenvalue weighted by molar-refractivity contribution is 5.97. The molecule has 1 aliphatic rings. The molecule has 2 amide bonds. The first kappa shape index (κ1) is 15.9. The lowest BCUT2D eigenvalue weighted by Crippen LogP contribution is -2.46. The number of benzene rings is 1. The van der Waals surface area contributed by atoms with E-state index in [2.05, 4.69) is 15.3 Å². The minimum absolute atomic E-state index is 0.0250. The van der Waals surface area contributed by atoms with Crippen molar-refractivity contribution in [2.24, 2.45) is 0 Å². The summed E-state index contributed by atoms with van der Waals surface area (Å²) in [6.45, 7) is 1.09. The van der Waals surface area contributed by atoms with Gasteiger partial charge in [0.1, 0.15) is 11.4 Å². The van der Waals surface area contributed by atoms with Gasteiger partial charge in [0.2, 0.25) is 0 Å². The standard InChI is InChI=1S/C17H18N4O3/c22-15-4-2-1-3-13(15)16(23)20-12-5-9-21(10-6-12)17(24)14-11-18-7-8-19-14/h1-4,7-8,11-12,22H,5-6,9-10H2,(H,20,23). The number of aromatic nitrogens is 2. The van der Waals surface area contributed by atoms with E-state index >= 15 is 0 Å². The number of carbonyl (C=O) groups excluding carboxylic acids is 2. The van der Waals surface area contributed by atoms with Crippen LogP contribution in [-0.2, 0) is 0 Å². The Kier molecular flexibility index (Phi) is 4.69. The molecule has 0 saturated carbocycles. The number of nitrogens with one attached hydrogen (secondary N) is 1. The van der Waals surface area contributed by atoms with Crippen molar-refractivity contribution < 1.29 is 14.7 Å². The fourth-order valence-electron chi connectivity index (χ4n) is 2.73. The first-order valence-electron chi connectivity index (χ1n) is 7.79. The maximum absolute atomic E-state index is 12.3. The van der Waals surface area contributed by atoms with Crippen molar-refractivity contribution in [1.82, 2.24) is 20.2 Å². The van der Waals surface area contributed by atoms with Crippen LogP contribution in [0.1, 0.15) is 33.7 Å². The third-order valence-electron chi connectivity index (χ3n) is 4.05. The first-order valence-corrected chi connectivity index (χ1v) is 7.79. The minimum Gasteiger partial charge on any atom is -0.507 e. The van der Waals surface area contributed by atoms with Crippen molar-refractivity contribution in [3.05, 3.63) is 54.1 Å². The molecule has 7 nitrogen and oxygen atoms in total. The van der Waals surface area contributed by atoms with Crippen LogP contribution in [0.3, 0.4) is 0 Å². The second-order valence-electron chi connectivity index (χ2n) is 5.65. The third-order valence-corrected chi connectivity index (χ3v) is 4.05. The topological polar surface area (TPSA) is 95.4 Å². The van der Waals surface area contributed by atoms with Crippen LogP contribution in [0, 0.1) is 0 Å². The van der Waals surface area contributed by atoms with Gasteiger partial charge in [0.25, 0.3) is 11.8 Å². The number of phenols is 1. The fourth-order valence-corrected chi connectivity index (χ4v) is 2.73. The highest BCUT2D eigenvalue weighted by Crippen LogP contribution is 2.17. The molecule has 0 spiro atoms. The lowest BCUT2D eigenvalue weighted by Gasteiger charge is -2.32. The van der Waals surface area contributed by atoms with Crippen LogP contribution in [0.2, 0.25) is 0 Å². The molecular weight excluding hydrogens is 308 g/mol. The maximum atomic E-state index is 12.3. The zero-order chi connectivity index (χ0) is 16.9. The predicted molar refractivity (Wildman–Crippen MR) is 86.5 cm³/mol. The largest absolute Gasteiger partial charge is 0.507 e. The van der Waals surface area contributed by atoms with Crippen LogP contribution >= 0.6 is 0 Å². The molecule has 0 aliphatic carbocycles. The predicted octanol–water partition coefficient (Wildman–Crippen LogP) is 1.22. The summed E-state index contributed by atoms with van der Waals surface area (Å²) in [6, 6.07) is 6.41. The molecule has 1 aromatic carbocycles. The molecule has 0 radical (unpaired) electrons. The Labute approximate surface area is 139 Å². The number of likely N-dealkylation sites (tertiary alicyclic amines) is 1. The minimum atomic E-state index is -0.299. The molecule has 2 N–H and O–H groups in total. The summed E-state index contributed by atoms with van der Waals surface area (Å²) in [5, 5.41) is 12.6. The molecule has 0 atom stereocenters. The van der Waals surface area contributed by atoms with E-state index in [4.69, 9.17) is 0 Å². The van der Waals surface area contributed by atoms with Gasteiger partial charge in [-0.2, -0.15) is 0 Å². The molecule has 7 heteroatoms. The lowest BCUT2D eigenvalue weighted by molar-refractivity contribution is 0.0692. The van der Waals surface area contributed by atoms with Crippen molar-refractivity contribution in [3.63, 3.8) is 0 Å². The summed E-state index contributed by atoms with van der Waals surface area (Å²) < 4.78 is 0. The average Bonchev–Trinajstić information content (AvgIpc) is 2.63. The molecule has 1 aliphatic heterocycles. The van der Waals surface area contributed by atoms with Gasteiger partial charge in [0.15, 0.2) is 0 Å². The molecule has 24 heavy (non-hydrogen) atoms. The number of amides is 2. The molecule has 2 aromatic rings. The van der Waals surface area contributed by atoms with Crippen molar-refractivity contribution in [3.8, 4) is 5.75 Å². The van der Waals surface area contributed by atoms with Gasteiger partial charge >= 0.3 is 0 Å². The summed E-state index contributed by atoms with van der Waals surface area (Å²) in [7, 11) is 0. The summed E-state index contributed by atoms with van der Waals surface area (Å²) in [6.07, 6.45) is 5.79. The molecule has 0 unspecified atom stereocenters. The third kappa shape index (κ3) is 3.51. The number of hydrogen-bond donors (Lipinski definition) is 2.